The lowest BCUT2D eigenvalue weighted by atomic mass is 9.93. The average Bonchev–Trinajstić information content (AvgIpc) is 2.59. The largest absolute Gasteiger partial charge is 0.349 e. The van der Waals surface area contributed by atoms with Gasteiger partial charge in [-0.05, 0) is 46.0 Å². The van der Waals surface area contributed by atoms with Crippen molar-refractivity contribution in [2.75, 3.05) is 0 Å². The summed E-state index contributed by atoms with van der Waals surface area (Å²) < 4.78 is 0. The van der Waals surface area contributed by atoms with Crippen molar-refractivity contribution < 1.29 is 9.59 Å². The van der Waals surface area contributed by atoms with E-state index in [4.69, 9.17) is 0 Å². The van der Waals surface area contributed by atoms with Gasteiger partial charge in [-0.3, -0.25) is 9.59 Å². The molecule has 102 valence electrons. The fraction of sp³-hybridized carbons (Fsp3) is 0.714. The highest BCUT2D eigenvalue weighted by molar-refractivity contribution is 5.91. The summed E-state index contributed by atoms with van der Waals surface area (Å²) in [5.41, 5.74) is -1.06. The molecule has 0 spiro atoms. The van der Waals surface area contributed by atoms with E-state index in [1.807, 2.05) is 26.8 Å². The monoisotopic (exact) mass is 252 g/mol. The number of carbonyl (C=O) groups is 2. The molecule has 1 rings (SSSR count). The van der Waals surface area contributed by atoms with Crippen LogP contribution >= 0.6 is 0 Å². The summed E-state index contributed by atoms with van der Waals surface area (Å²) >= 11 is 0. The van der Waals surface area contributed by atoms with E-state index in [9.17, 15) is 9.59 Å². The van der Waals surface area contributed by atoms with Crippen molar-refractivity contribution >= 4 is 11.8 Å². The van der Waals surface area contributed by atoms with Gasteiger partial charge in [0.15, 0.2) is 0 Å². The lowest BCUT2D eigenvalue weighted by molar-refractivity contribution is -0.133. The van der Waals surface area contributed by atoms with Crippen LogP contribution in [0, 0.1) is 5.92 Å². The smallest absolute Gasteiger partial charge is 0.246 e. The summed E-state index contributed by atoms with van der Waals surface area (Å²) in [7, 11) is 0. The third kappa shape index (κ3) is 3.59. The van der Waals surface area contributed by atoms with E-state index < -0.39 is 5.54 Å². The molecule has 0 bridgehead atoms. The maximum atomic E-state index is 12.4. The van der Waals surface area contributed by atoms with Gasteiger partial charge in [-0.2, -0.15) is 0 Å². The number of hydrogen-bond acceptors (Lipinski definition) is 2. The van der Waals surface area contributed by atoms with E-state index in [2.05, 4.69) is 17.2 Å². The lowest BCUT2D eigenvalue weighted by Gasteiger charge is -2.33. The number of hydrogen-bond donors (Lipinski definition) is 2. The van der Waals surface area contributed by atoms with Crippen LogP contribution in [0.1, 0.15) is 47.0 Å². The molecule has 4 heteroatoms. The quantitative estimate of drug-likeness (QED) is 0.752. The molecule has 1 aliphatic rings. The molecule has 4 nitrogen and oxygen atoms in total. The molecule has 1 fully saturated rings. The van der Waals surface area contributed by atoms with Crippen LogP contribution in [0.15, 0.2) is 12.7 Å². The Hall–Kier alpha value is -1.32. The van der Waals surface area contributed by atoms with Crippen LogP contribution < -0.4 is 10.6 Å². The van der Waals surface area contributed by atoms with E-state index in [-0.39, 0.29) is 17.4 Å². The first-order valence-corrected chi connectivity index (χ1v) is 6.42. The minimum absolute atomic E-state index is 0.0884. The van der Waals surface area contributed by atoms with Crippen molar-refractivity contribution in [1.29, 1.82) is 0 Å². The molecule has 0 aromatic heterocycles. The van der Waals surface area contributed by atoms with Crippen LogP contribution in [-0.2, 0) is 9.59 Å². The SMILES string of the molecule is C=CC1CCC(NC(C)=O)(C(=O)NC(C)(C)C)C1. The van der Waals surface area contributed by atoms with Gasteiger partial charge in [-0.15, -0.1) is 6.58 Å². The van der Waals surface area contributed by atoms with Gasteiger partial charge in [0.2, 0.25) is 11.8 Å². The predicted octanol–water partition coefficient (Wildman–Crippen LogP) is 1.76. The van der Waals surface area contributed by atoms with Crippen LogP contribution in [0.3, 0.4) is 0 Å². The Kier molecular flexibility index (Phi) is 4.20. The third-order valence-electron chi connectivity index (χ3n) is 3.22. The first kappa shape index (κ1) is 14.7. The van der Waals surface area contributed by atoms with Crippen molar-refractivity contribution in [1.82, 2.24) is 10.6 Å². The molecule has 18 heavy (non-hydrogen) atoms. The van der Waals surface area contributed by atoms with Gasteiger partial charge in [-0.25, -0.2) is 0 Å². The zero-order valence-electron chi connectivity index (χ0n) is 11.8. The Morgan fingerprint density at radius 1 is 1.39 bits per heavy atom. The number of allylic oxidation sites excluding steroid dienone is 1. The molecule has 2 unspecified atom stereocenters. The van der Waals surface area contributed by atoms with Gasteiger partial charge in [0.1, 0.15) is 5.54 Å². The van der Waals surface area contributed by atoms with Gasteiger partial charge in [0, 0.05) is 12.5 Å². The van der Waals surface area contributed by atoms with Gasteiger partial charge >= 0.3 is 0 Å². The van der Waals surface area contributed by atoms with E-state index in [0.29, 0.717) is 18.8 Å². The standard InChI is InChI=1S/C14H24N2O2/c1-6-11-7-8-14(9-11,15-10(2)17)12(18)16-13(3,4)5/h6,11H,1,7-9H2,2-5H3,(H,15,17)(H,16,18). The number of carbonyl (C=O) groups excluding carboxylic acids is 2. The Labute approximate surface area is 109 Å². The highest BCUT2D eigenvalue weighted by Crippen LogP contribution is 2.35. The van der Waals surface area contributed by atoms with Gasteiger partial charge in [0.25, 0.3) is 0 Å². The van der Waals surface area contributed by atoms with Crippen LogP contribution in [0.25, 0.3) is 0 Å². The Balaban J connectivity index is 2.88. The molecule has 1 aliphatic carbocycles. The highest BCUT2D eigenvalue weighted by Gasteiger charge is 2.45. The van der Waals surface area contributed by atoms with E-state index >= 15 is 0 Å². The average molecular weight is 252 g/mol. The normalized spacial score (nSPS) is 27.7. The van der Waals surface area contributed by atoms with Crippen molar-refractivity contribution in [3.63, 3.8) is 0 Å². The van der Waals surface area contributed by atoms with Crippen molar-refractivity contribution in [3.05, 3.63) is 12.7 Å². The summed E-state index contributed by atoms with van der Waals surface area (Å²) in [5.74, 6) is 0.0425. The van der Waals surface area contributed by atoms with E-state index in [1.165, 1.54) is 6.92 Å². The summed E-state index contributed by atoms with van der Waals surface area (Å²) in [6.45, 7) is 11.0. The maximum absolute atomic E-state index is 12.4. The molecule has 0 aromatic carbocycles. The zero-order chi connectivity index (χ0) is 14.0. The van der Waals surface area contributed by atoms with Crippen LogP contribution in [0.2, 0.25) is 0 Å². The molecular formula is C14H24N2O2. The lowest BCUT2D eigenvalue weighted by Crippen LogP contribution is -2.60. The second kappa shape index (κ2) is 5.12. The molecular weight excluding hydrogens is 228 g/mol. The van der Waals surface area contributed by atoms with E-state index in [1.54, 1.807) is 0 Å². The number of nitrogens with one attached hydrogen (secondary N) is 2. The molecule has 2 N–H and O–H groups in total. The highest BCUT2D eigenvalue weighted by atomic mass is 16.2. The van der Waals surface area contributed by atoms with Crippen LogP contribution in [0.5, 0.6) is 0 Å². The second-order valence-electron chi connectivity index (χ2n) is 6.21. The Morgan fingerprint density at radius 2 is 2.00 bits per heavy atom. The fourth-order valence-corrected chi connectivity index (χ4v) is 2.46. The minimum Gasteiger partial charge on any atom is -0.349 e. The van der Waals surface area contributed by atoms with Crippen molar-refractivity contribution in [2.45, 2.75) is 58.0 Å². The molecule has 2 atom stereocenters. The molecule has 0 saturated heterocycles. The molecule has 1 saturated carbocycles. The van der Waals surface area contributed by atoms with Crippen LogP contribution in [-0.4, -0.2) is 22.9 Å². The van der Waals surface area contributed by atoms with E-state index in [0.717, 1.165) is 6.42 Å². The first-order valence-electron chi connectivity index (χ1n) is 6.42. The van der Waals surface area contributed by atoms with Crippen molar-refractivity contribution in [3.8, 4) is 0 Å². The molecule has 0 heterocycles. The summed E-state index contributed by atoms with van der Waals surface area (Å²) in [6, 6.07) is 0. The second-order valence-corrected chi connectivity index (χ2v) is 6.21. The summed E-state index contributed by atoms with van der Waals surface area (Å²) in [6.07, 6.45) is 4.07. The predicted molar refractivity (Wildman–Crippen MR) is 72.0 cm³/mol. The molecule has 2 amide bonds. The molecule has 0 radical (unpaired) electrons. The minimum atomic E-state index is -0.766. The maximum Gasteiger partial charge on any atom is 0.246 e. The topological polar surface area (TPSA) is 58.2 Å². The zero-order valence-corrected chi connectivity index (χ0v) is 11.8. The Morgan fingerprint density at radius 3 is 2.39 bits per heavy atom. The van der Waals surface area contributed by atoms with Gasteiger partial charge in [0.05, 0.1) is 0 Å². The molecule has 0 aliphatic heterocycles. The number of amides is 2. The fourth-order valence-electron chi connectivity index (χ4n) is 2.46. The molecule has 0 aromatic rings. The Bertz CT molecular complexity index is 357. The first-order chi connectivity index (χ1) is 8.18. The third-order valence-corrected chi connectivity index (χ3v) is 3.22. The number of rotatable bonds is 3. The van der Waals surface area contributed by atoms with Crippen LogP contribution in [0.4, 0.5) is 0 Å². The summed E-state index contributed by atoms with van der Waals surface area (Å²) in [5, 5.41) is 5.81. The van der Waals surface area contributed by atoms with Crippen molar-refractivity contribution in [2.24, 2.45) is 5.92 Å². The van der Waals surface area contributed by atoms with Gasteiger partial charge in [-0.1, -0.05) is 6.08 Å². The van der Waals surface area contributed by atoms with Gasteiger partial charge < -0.3 is 10.6 Å². The summed E-state index contributed by atoms with van der Waals surface area (Å²) in [4.78, 5) is 23.8.